The number of carbonyl (C=O) groups is 1. The predicted octanol–water partition coefficient (Wildman–Crippen LogP) is 3.89. The van der Waals surface area contributed by atoms with Crippen LogP contribution in [0.2, 0.25) is 0 Å². The van der Waals surface area contributed by atoms with Crippen molar-refractivity contribution in [1.82, 2.24) is 14.8 Å². The van der Waals surface area contributed by atoms with Gasteiger partial charge in [-0.3, -0.25) is 9.78 Å². The van der Waals surface area contributed by atoms with E-state index >= 15 is 0 Å². The third-order valence-corrected chi connectivity index (χ3v) is 4.65. The Hall–Kier alpha value is -2.90. The van der Waals surface area contributed by atoms with Crippen LogP contribution in [-0.2, 0) is 4.79 Å². The first kappa shape index (κ1) is 16.6. The van der Waals surface area contributed by atoms with E-state index in [9.17, 15) is 18.0 Å². The van der Waals surface area contributed by atoms with Gasteiger partial charge in [0.05, 0.1) is 18.1 Å². The van der Waals surface area contributed by atoms with Crippen molar-refractivity contribution in [3.05, 3.63) is 60.3 Å². The van der Waals surface area contributed by atoms with E-state index in [1.807, 2.05) is 0 Å². The molecular weight excluding hydrogens is 345 g/mol. The van der Waals surface area contributed by atoms with Crippen molar-refractivity contribution in [3.63, 3.8) is 0 Å². The second-order valence-corrected chi connectivity index (χ2v) is 6.39. The van der Waals surface area contributed by atoms with Gasteiger partial charge >= 0.3 is 0 Å². The van der Waals surface area contributed by atoms with Crippen molar-refractivity contribution in [3.8, 4) is 5.69 Å². The van der Waals surface area contributed by atoms with E-state index in [0.29, 0.717) is 17.7 Å². The van der Waals surface area contributed by atoms with E-state index in [2.05, 4.69) is 15.4 Å². The smallest absolute Gasteiger partial charge is 0.268 e. The number of pyridine rings is 1. The fraction of sp³-hybridized carbons (Fsp3) is 0.278. The van der Waals surface area contributed by atoms with Gasteiger partial charge in [-0.2, -0.15) is 5.10 Å². The normalized spacial score (nSPS) is 23.4. The molecule has 2 aliphatic rings. The molecule has 0 bridgehead atoms. The summed E-state index contributed by atoms with van der Waals surface area (Å²) in [6.07, 6.45) is 9.93. The van der Waals surface area contributed by atoms with Gasteiger partial charge in [-0.25, -0.2) is 17.9 Å². The highest BCUT2D eigenvalue weighted by molar-refractivity contribution is 6.01. The van der Waals surface area contributed by atoms with Crippen LogP contribution in [-0.4, -0.2) is 26.6 Å². The summed E-state index contributed by atoms with van der Waals surface area (Å²) in [6.45, 7) is 0. The Bertz CT molecular complexity index is 940. The molecule has 1 atom stereocenters. The van der Waals surface area contributed by atoms with Crippen LogP contribution in [0.25, 0.3) is 5.69 Å². The molecule has 2 aliphatic carbocycles. The SMILES string of the molecule is O=C(Nc1ccn(-c2cncc(F)c2)n1)[C@]1(C2=CCCC=C2)CC1(F)F.[HH]. The zero-order chi connectivity index (χ0) is 18.4. The number of hydrogen-bond acceptors (Lipinski definition) is 3. The fourth-order valence-electron chi connectivity index (χ4n) is 3.19. The van der Waals surface area contributed by atoms with Crippen LogP contribution >= 0.6 is 0 Å². The zero-order valence-corrected chi connectivity index (χ0v) is 13.6. The first-order chi connectivity index (χ1) is 12.4. The molecule has 2 aromatic heterocycles. The lowest BCUT2D eigenvalue weighted by atomic mass is 9.89. The van der Waals surface area contributed by atoms with Gasteiger partial charge in [0.2, 0.25) is 5.91 Å². The third-order valence-electron chi connectivity index (χ3n) is 4.65. The highest BCUT2D eigenvalue weighted by Crippen LogP contribution is 2.65. The molecule has 1 N–H and O–H groups in total. The molecule has 26 heavy (non-hydrogen) atoms. The van der Waals surface area contributed by atoms with Gasteiger partial charge in [0.15, 0.2) is 5.82 Å². The van der Waals surface area contributed by atoms with Gasteiger partial charge in [0, 0.05) is 26.2 Å². The number of anilines is 1. The number of nitrogens with zero attached hydrogens (tertiary/aromatic N) is 3. The molecular formula is C18H17F3N4O. The summed E-state index contributed by atoms with van der Waals surface area (Å²) in [5, 5.41) is 6.55. The Morgan fingerprint density at radius 3 is 2.77 bits per heavy atom. The first-order valence-electron chi connectivity index (χ1n) is 8.15. The van der Waals surface area contributed by atoms with Crippen molar-refractivity contribution >= 4 is 11.7 Å². The Balaban J connectivity index is 0.00000210. The maximum atomic E-state index is 14.1. The molecule has 0 unspecified atom stereocenters. The Morgan fingerprint density at radius 1 is 1.31 bits per heavy atom. The average Bonchev–Trinajstić information content (AvgIpc) is 2.98. The van der Waals surface area contributed by atoms with Gasteiger partial charge < -0.3 is 5.32 Å². The van der Waals surface area contributed by atoms with Gasteiger partial charge in [-0.15, -0.1) is 0 Å². The van der Waals surface area contributed by atoms with Gasteiger partial charge in [-0.05, 0) is 18.4 Å². The monoisotopic (exact) mass is 362 g/mol. The first-order valence-corrected chi connectivity index (χ1v) is 8.15. The number of nitrogens with one attached hydrogen (secondary N) is 1. The zero-order valence-electron chi connectivity index (χ0n) is 13.6. The van der Waals surface area contributed by atoms with Gasteiger partial charge in [0.1, 0.15) is 11.2 Å². The number of hydrogen-bond donors (Lipinski definition) is 1. The van der Waals surface area contributed by atoms with Crippen LogP contribution in [0.3, 0.4) is 0 Å². The molecule has 1 amide bonds. The van der Waals surface area contributed by atoms with Gasteiger partial charge in [-0.1, -0.05) is 18.2 Å². The maximum absolute atomic E-state index is 14.1. The number of alkyl halides is 2. The minimum absolute atomic E-state index is 0. The Kier molecular flexibility index (Phi) is 3.71. The molecule has 1 fully saturated rings. The standard InChI is InChI=1S/C18H15F3N4O.H2/c19-13-8-14(10-22-9-13)25-7-6-15(24-25)23-16(26)17(11-18(17,20)21)12-4-2-1-3-5-12;/h2,4-10H,1,3,11H2,(H,23,24,26);1H/t17-;/m1./s1. The second-order valence-electron chi connectivity index (χ2n) is 6.39. The third kappa shape index (κ3) is 2.61. The largest absolute Gasteiger partial charge is 0.308 e. The molecule has 1 saturated carbocycles. The minimum atomic E-state index is -3.08. The summed E-state index contributed by atoms with van der Waals surface area (Å²) in [5.41, 5.74) is -1.14. The van der Waals surface area contributed by atoms with Crippen molar-refractivity contribution < 1.29 is 19.4 Å². The number of aromatic nitrogens is 3. The minimum Gasteiger partial charge on any atom is -0.308 e. The maximum Gasteiger partial charge on any atom is 0.268 e. The molecule has 4 rings (SSSR count). The summed E-state index contributed by atoms with van der Waals surface area (Å²) in [4.78, 5) is 16.3. The number of amides is 1. The van der Waals surface area contributed by atoms with E-state index in [-0.39, 0.29) is 7.24 Å². The summed E-state index contributed by atoms with van der Waals surface area (Å²) in [5.74, 6) is -4.29. The average molecular weight is 362 g/mol. The van der Waals surface area contributed by atoms with Crippen molar-refractivity contribution in [2.24, 2.45) is 5.41 Å². The Labute approximate surface area is 148 Å². The number of carbonyl (C=O) groups excluding carboxylic acids is 1. The summed E-state index contributed by atoms with van der Waals surface area (Å²) < 4.78 is 42.8. The van der Waals surface area contributed by atoms with Crippen LogP contribution in [0, 0.1) is 11.2 Å². The lowest BCUT2D eigenvalue weighted by molar-refractivity contribution is -0.122. The molecule has 0 spiro atoms. The van der Waals surface area contributed by atoms with E-state index < -0.39 is 29.5 Å². The van der Waals surface area contributed by atoms with E-state index in [4.69, 9.17) is 0 Å². The molecule has 0 saturated heterocycles. The lowest BCUT2D eigenvalue weighted by Gasteiger charge is -2.19. The van der Waals surface area contributed by atoms with Gasteiger partial charge in [0.25, 0.3) is 5.92 Å². The molecule has 0 aliphatic heterocycles. The summed E-state index contributed by atoms with van der Waals surface area (Å²) in [7, 11) is 0. The van der Waals surface area contributed by atoms with Crippen LogP contribution in [0.4, 0.5) is 19.0 Å². The summed E-state index contributed by atoms with van der Waals surface area (Å²) in [6, 6.07) is 2.68. The van der Waals surface area contributed by atoms with Crippen LogP contribution < -0.4 is 5.32 Å². The predicted molar refractivity (Wildman–Crippen MR) is 90.5 cm³/mol. The van der Waals surface area contributed by atoms with Crippen LogP contribution in [0.15, 0.2) is 54.5 Å². The molecule has 5 nitrogen and oxygen atoms in total. The van der Waals surface area contributed by atoms with Crippen molar-refractivity contribution in [2.75, 3.05) is 5.32 Å². The number of allylic oxidation sites excluding steroid dienone is 3. The van der Waals surface area contributed by atoms with E-state index in [0.717, 1.165) is 12.6 Å². The summed E-state index contributed by atoms with van der Waals surface area (Å²) >= 11 is 0. The van der Waals surface area contributed by atoms with E-state index in [1.54, 1.807) is 18.2 Å². The fourth-order valence-corrected chi connectivity index (χ4v) is 3.19. The molecule has 2 heterocycles. The van der Waals surface area contributed by atoms with Crippen molar-refractivity contribution in [1.29, 1.82) is 0 Å². The molecule has 0 radical (unpaired) electrons. The quantitative estimate of drug-likeness (QED) is 0.898. The number of halogens is 3. The molecule has 136 valence electrons. The van der Waals surface area contributed by atoms with E-state index in [1.165, 1.54) is 29.2 Å². The number of rotatable bonds is 4. The second kappa shape index (κ2) is 5.82. The van der Waals surface area contributed by atoms with Crippen LogP contribution in [0.5, 0.6) is 0 Å². The highest BCUT2D eigenvalue weighted by atomic mass is 19.3. The highest BCUT2D eigenvalue weighted by Gasteiger charge is 2.77. The van der Waals surface area contributed by atoms with Crippen molar-refractivity contribution in [2.45, 2.75) is 25.2 Å². The van der Waals surface area contributed by atoms with Crippen LogP contribution in [0.1, 0.15) is 20.7 Å². The molecule has 0 aromatic carbocycles. The molecule has 2 aromatic rings. The Morgan fingerprint density at radius 2 is 2.12 bits per heavy atom. The lowest BCUT2D eigenvalue weighted by Crippen LogP contribution is -2.31. The topological polar surface area (TPSA) is 59.8 Å². The molecule has 8 heteroatoms.